The quantitative estimate of drug-likeness (QED) is 0.0783. The molecule has 5 atom stereocenters. The number of hydrogen-bond acceptors (Lipinski definition) is 5. The van der Waals surface area contributed by atoms with Crippen molar-refractivity contribution in [1.29, 1.82) is 0 Å². The van der Waals surface area contributed by atoms with Crippen LogP contribution < -0.4 is 0 Å². The smallest absolute Gasteiger partial charge is 0.115 e. The van der Waals surface area contributed by atoms with E-state index in [0.717, 1.165) is 35.1 Å². The lowest BCUT2D eigenvalue weighted by Crippen LogP contribution is -2.61. The van der Waals surface area contributed by atoms with Crippen molar-refractivity contribution in [1.82, 2.24) is 0 Å². The van der Waals surface area contributed by atoms with Gasteiger partial charge >= 0.3 is 0 Å². The Labute approximate surface area is 294 Å². The van der Waals surface area contributed by atoms with Crippen LogP contribution in [0.25, 0.3) is 0 Å². The zero-order valence-electron chi connectivity index (χ0n) is 29.4. The number of benzene rings is 4. The van der Waals surface area contributed by atoms with E-state index in [2.05, 4.69) is 79.7 Å². The number of rotatable bonds is 22. The Kier molecular flexibility index (Phi) is 16.4. The zero-order chi connectivity index (χ0) is 33.8. The van der Waals surface area contributed by atoms with Gasteiger partial charge in [0.05, 0.1) is 39.1 Å². The number of ether oxygens (including phenoxy) is 5. The van der Waals surface area contributed by atoms with Gasteiger partial charge in [0.15, 0.2) is 0 Å². The third kappa shape index (κ3) is 12.8. The highest BCUT2D eigenvalue weighted by atomic mass is 16.6. The molecule has 0 amide bonds. The van der Waals surface area contributed by atoms with E-state index in [-0.39, 0.29) is 24.4 Å². The first-order valence-electron chi connectivity index (χ1n) is 18.5. The average molecular weight is 665 g/mol. The highest BCUT2D eigenvalue weighted by molar-refractivity contribution is 5.16. The van der Waals surface area contributed by atoms with Crippen molar-refractivity contribution in [2.75, 3.05) is 6.61 Å². The molecule has 262 valence electrons. The van der Waals surface area contributed by atoms with E-state index in [0.29, 0.717) is 33.0 Å². The standard InChI is InChI=1S/C44H56O5/c1-2-3-4-5-6-7-8-21-30-40-42(46-32-37-24-15-10-16-25-37)44(48-34-39-28-19-12-20-29-39)43(47-33-38-26-17-11-18-27-38)41(49-40)35-45-31-36-22-13-9-14-23-36/h9-20,22-29,40-44H,2-8,21,30-35H2,1H3/t40-,41+,42-,43-,44+/m0/s1. The highest BCUT2D eigenvalue weighted by Gasteiger charge is 2.48. The Balaban J connectivity index is 1.37. The summed E-state index contributed by atoms with van der Waals surface area (Å²) >= 11 is 0. The lowest BCUT2D eigenvalue weighted by atomic mass is 9.91. The van der Waals surface area contributed by atoms with Gasteiger partial charge in [0, 0.05) is 0 Å². The van der Waals surface area contributed by atoms with Gasteiger partial charge in [0.2, 0.25) is 0 Å². The summed E-state index contributed by atoms with van der Waals surface area (Å²) in [5, 5.41) is 0. The molecule has 5 heteroatoms. The lowest BCUT2D eigenvalue weighted by Gasteiger charge is -2.46. The predicted octanol–water partition coefficient (Wildman–Crippen LogP) is 10.3. The summed E-state index contributed by atoms with van der Waals surface area (Å²) in [5.74, 6) is 0. The van der Waals surface area contributed by atoms with E-state index in [1.807, 2.05) is 48.5 Å². The van der Waals surface area contributed by atoms with Crippen LogP contribution in [-0.2, 0) is 50.1 Å². The summed E-state index contributed by atoms with van der Waals surface area (Å²) in [5.41, 5.74) is 4.49. The van der Waals surface area contributed by atoms with Crippen molar-refractivity contribution in [2.24, 2.45) is 0 Å². The second-order valence-electron chi connectivity index (χ2n) is 13.3. The fourth-order valence-corrected chi connectivity index (χ4v) is 6.60. The fourth-order valence-electron chi connectivity index (χ4n) is 6.60. The molecule has 4 aromatic rings. The van der Waals surface area contributed by atoms with Crippen LogP contribution >= 0.6 is 0 Å². The molecule has 5 nitrogen and oxygen atoms in total. The van der Waals surface area contributed by atoms with Gasteiger partial charge in [0.25, 0.3) is 0 Å². The van der Waals surface area contributed by atoms with Gasteiger partial charge in [-0.3, -0.25) is 0 Å². The third-order valence-electron chi connectivity index (χ3n) is 9.32. The average Bonchev–Trinajstić information content (AvgIpc) is 3.15. The molecule has 0 aromatic heterocycles. The van der Waals surface area contributed by atoms with Crippen molar-refractivity contribution < 1.29 is 23.7 Å². The van der Waals surface area contributed by atoms with Crippen LogP contribution in [0.5, 0.6) is 0 Å². The van der Waals surface area contributed by atoms with Gasteiger partial charge in [-0.15, -0.1) is 0 Å². The monoisotopic (exact) mass is 664 g/mol. The van der Waals surface area contributed by atoms with E-state index >= 15 is 0 Å². The van der Waals surface area contributed by atoms with E-state index in [1.54, 1.807) is 0 Å². The van der Waals surface area contributed by atoms with Crippen LogP contribution in [-0.4, -0.2) is 37.1 Å². The molecule has 1 fully saturated rings. The molecule has 0 N–H and O–H groups in total. The van der Waals surface area contributed by atoms with E-state index in [9.17, 15) is 0 Å². The summed E-state index contributed by atoms with van der Waals surface area (Å²) in [7, 11) is 0. The van der Waals surface area contributed by atoms with Gasteiger partial charge in [-0.2, -0.15) is 0 Å². The molecule has 49 heavy (non-hydrogen) atoms. The number of unbranched alkanes of at least 4 members (excludes halogenated alkanes) is 7. The van der Waals surface area contributed by atoms with Gasteiger partial charge in [-0.1, -0.05) is 180 Å². The molecule has 4 aromatic carbocycles. The predicted molar refractivity (Wildman–Crippen MR) is 197 cm³/mol. The molecule has 1 saturated heterocycles. The summed E-state index contributed by atoms with van der Waals surface area (Å²) < 4.78 is 33.9. The van der Waals surface area contributed by atoms with Crippen molar-refractivity contribution in [3.05, 3.63) is 144 Å². The minimum absolute atomic E-state index is 0.147. The molecular formula is C44H56O5. The molecule has 0 radical (unpaired) electrons. The van der Waals surface area contributed by atoms with E-state index in [1.165, 1.54) is 44.9 Å². The molecule has 1 aliphatic rings. The molecule has 0 unspecified atom stereocenters. The fraction of sp³-hybridized carbons (Fsp3) is 0.455. The molecule has 0 bridgehead atoms. The second-order valence-corrected chi connectivity index (χ2v) is 13.3. The van der Waals surface area contributed by atoms with E-state index in [4.69, 9.17) is 23.7 Å². The minimum atomic E-state index is -0.393. The van der Waals surface area contributed by atoms with Gasteiger partial charge < -0.3 is 23.7 Å². The van der Waals surface area contributed by atoms with Crippen molar-refractivity contribution in [3.63, 3.8) is 0 Å². The van der Waals surface area contributed by atoms with Crippen molar-refractivity contribution in [2.45, 2.75) is 122 Å². The minimum Gasteiger partial charge on any atom is -0.374 e. The molecule has 0 spiro atoms. The summed E-state index contributed by atoms with van der Waals surface area (Å²) in [6, 6.07) is 41.4. The Morgan fingerprint density at radius 1 is 0.429 bits per heavy atom. The Hall–Kier alpha value is -3.32. The molecule has 0 saturated carbocycles. The summed E-state index contributed by atoms with van der Waals surface area (Å²) in [4.78, 5) is 0. The zero-order valence-corrected chi connectivity index (χ0v) is 29.4. The first kappa shape index (κ1) is 36.9. The molecule has 1 aliphatic heterocycles. The molecule has 0 aliphatic carbocycles. The van der Waals surface area contributed by atoms with Crippen LogP contribution in [0.4, 0.5) is 0 Å². The lowest BCUT2D eigenvalue weighted by molar-refractivity contribution is -0.273. The molecule has 5 rings (SSSR count). The SMILES string of the molecule is CCCCCCCCCC[C@@H]1O[C@H](COCc2ccccc2)[C@H](OCc2ccccc2)[C@H](OCc2ccccc2)[C@H]1OCc1ccccc1. The van der Waals surface area contributed by atoms with Crippen molar-refractivity contribution >= 4 is 0 Å². The Morgan fingerprint density at radius 3 is 1.29 bits per heavy atom. The van der Waals surface area contributed by atoms with Crippen LogP contribution in [0.3, 0.4) is 0 Å². The largest absolute Gasteiger partial charge is 0.374 e. The number of hydrogen-bond donors (Lipinski definition) is 0. The Morgan fingerprint density at radius 2 is 0.816 bits per heavy atom. The van der Waals surface area contributed by atoms with Gasteiger partial charge in [-0.05, 0) is 28.7 Å². The van der Waals surface area contributed by atoms with E-state index < -0.39 is 6.10 Å². The maximum atomic E-state index is 7.01. The van der Waals surface area contributed by atoms with Gasteiger partial charge in [0.1, 0.15) is 24.4 Å². The van der Waals surface area contributed by atoms with Crippen LogP contribution in [0.15, 0.2) is 121 Å². The molecule has 1 heterocycles. The first-order chi connectivity index (χ1) is 24.3. The first-order valence-corrected chi connectivity index (χ1v) is 18.5. The topological polar surface area (TPSA) is 46.2 Å². The maximum absolute atomic E-state index is 7.01. The van der Waals surface area contributed by atoms with Crippen LogP contribution in [0, 0.1) is 0 Å². The summed E-state index contributed by atoms with van der Waals surface area (Å²) in [6.07, 6.45) is 9.50. The molecular weight excluding hydrogens is 608 g/mol. The highest BCUT2D eigenvalue weighted by Crippen LogP contribution is 2.33. The Bertz CT molecular complexity index is 1380. The maximum Gasteiger partial charge on any atom is 0.115 e. The van der Waals surface area contributed by atoms with Crippen LogP contribution in [0.1, 0.15) is 87.0 Å². The van der Waals surface area contributed by atoms with Crippen LogP contribution in [0.2, 0.25) is 0 Å². The normalized spacial score (nSPS) is 20.7. The second kappa shape index (κ2) is 21.7. The van der Waals surface area contributed by atoms with Crippen molar-refractivity contribution in [3.8, 4) is 0 Å². The third-order valence-corrected chi connectivity index (χ3v) is 9.32. The van der Waals surface area contributed by atoms with Gasteiger partial charge in [-0.25, -0.2) is 0 Å². The summed E-state index contributed by atoms with van der Waals surface area (Å²) in [6.45, 7) is 4.58.